The molecule has 1 rings (SSSR count). The summed E-state index contributed by atoms with van der Waals surface area (Å²) in [7, 11) is 0. The molecule has 0 unspecified atom stereocenters. The lowest BCUT2D eigenvalue weighted by molar-refractivity contribution is 0.0636. The van der Waals surface area contributed by atoms with Gasteiger partial charge in [0.2, 0.25) is 0 Å². The summed E-state index contributed by atoms with van der Waals surface area (Å²) in [4.78, 5) is 11.6. The van der Waals surface area contributed by atoms with Crippen LogP contribution in [0.5, 0.6) is 0 Å². The maximum Gasteiger partial charge on any atom is 0.343 e. The summed E-state index contributed by atoms with van der Waals surface area (Å²) in [6.07, 6.45) is 5.33. The van der Waals surface area contributed by atoms with Gasteiger partial charge in [-0.15, -0.1) is 0 Å². The zero-order chi connectivity index (χ0) is 11.1. The van der Waals surface area contributed by atoms with Crippen molar-refractivity contribution in [1.29, 1.82) is 0 Å². The highest BCUT2D eigenvalue weighted by Gasteiger charge is 2.06. The van der Waals surface area contributed by atoms with Gasteiger partial charge in [0, 0.05) is 0 Å². The fourth-order valence-corrected chi connectivity index (χ4v) is 1.09. The van der Waals surface area contributed by atoms with Crippen LogP contribution in [0.4, 0.5) is 0 Å². The molecule has 0 amide bonds. The Morgan fingerprint density at radius 3 is 2.40 bits per heavy atom. The third-order valence-electron chi connectivity index (χ3n) is 1.84. The Morgan fingerprint density at radius 2 is 1.87 bits per heavy atom. The van der Waals surface area contributed by atoms with Gasteiger partial charge in [0.1, 0.15) is 5.76 Å². The molecule has 78 valence electrons. The number of ether oxygens (including phenoxy) is 1. The van der Waals surface area contributed by atoms with E-state index < -0.39 is 0 Å². The maximum absolute atomic E-state index is 11.6. The highest BCUT2D eigenvalue weighted by atomic mass is 16.5. The van der Waals surface area contributed by atoms with Crippen molar-refractivity contribution in [3.63, 3.8) is 0 Å². The van der Waals surface area contributed by atoms with E-state index in [-0.39, 0.29) is 5.97 Å². The predicted octanol–water partition coefficient (Wildman–Crippen LogP) is 3.32. The van der Waals surface area contributed by atoms with E-state index in [1.54, 1.807) is 24.3 Å². The van der Waals surface area contributed by atoms with Gasteiger partial charge in [0.25, 0.3) is 0 Å². The van der Waals surface area contributed by atoms with Crippen LogP contribution in [-0.4, -0.2) is 5.97 Å². The van der Waals surface area contributed by atoms with E-state index in [2.05, 4.69) is 0 Å². The van der Waals surface area contributed by atoms with Crippen LogP contribution in [0.25, 0.3) is 0 Å². The largest absolute Gasteiger partial charge is 0.423 e. The van der Waals surface area contributed by atoms with Crippen LogP contribution >= 0.6 is 0 Å². The molecule has 0 aromatic heterocycles. The second-order valence-corrected chi connectivity index (χ2v) is 2.95. The average molecular weight is 202 g/mol. The van der Waals surface area contributed by atoms with Crippen molar-refractivity contribution in [3.8, 4) is 0 Å². The van der Waals surface area contributed by atoms with Crippen molar-refractivity contribution in [2.45, 2.75) is 13.8 Å². The van der Waals surface area contributed by atoms with Gasteiger partial charge in [-0.05, 0) is 38.1 Å². The number of carbonyl (C=O) groups excluding carboxylic acids is 1. The first kappa shape index (κ1) is 11.2. The molecule has 0 aliphatic heterocycles. The number of benzene rings is 1. The van der Waals surface area contributed by atoms with Gasteiger partial charge in [-0.25, -0.2) is 4.79 Å². The zero-order valence-electron chi connectivity index (χ0n) is 8.94. The molecule has 1 aromatic rings. The van der Waals surface area contributed by atoms with Gasteiger partial charge in [0.15, 0.2) is 0 Å². The quantitative estimate of drug-likeness (QED) is 0.427. The first-order chi connectivity index (χ1) is 7.27. The van der Waals surface area contributed by atoms with Crippen LogP contribution in [0.2, 0.25) is 0 Å². The number of hydrogen-bond donors (Lipinski definition) is 0. The number of esters is 1. The van der Waals surface area contributed by atoms with E-state index in [0.717, 1.165) is 0 Å². The lowest BCUT2D eigenvalue weighted by Gasteiger charge is -2.03. The molecule has 0 radical (unpaired) electrons. The minimum Gasteiger partial charge on any atom is -0.423 e. The van der Waals surface area contributed by atoms with Crippen molar-refractivity contribution in [2.75, 3.05) is 0 Å². The Kier molecular flexibility index (Phi) is 4.35. The van der Waals surface area contributed by atoms with Crippen molar-refractivity contribution >= 4 is 5.97 Å². The van der Waals surface area contributed by atoms with Gasteiger partial charge in [-0.1, -0.05) is 24.3 Å². The standard InChI is InChI=1S/C13H14O2/c1-3-8-12(4-2)15-13(14)11-9-6-5-7-10-11/h3-10H,1-2H3/b8-3-,12-4+. The summed E-state index contributed by atoms with van der Waals surface area (Å²) >= 11 is 0. The molecule has 0 heterocycles. The summed E-state index contributed by atoms with van der Waals surface area (Å²) in [5.74, 6) is 0.230. The fourth-order valence-electron chi connectivity index (χ4n) is 1.09. The minimum atomic E-state index is -0.332. The lowest BCUT2D eigenvalue weighted by atomic mass is 10.2. The van der Waals surface area contributed by atoms with Gasteiger partial charge in [-0.2, -0.15) is 0 Å². The highest BCUT2D eigenvalue weighted by molar-refractivity contribution is 5.90. The van der Waals surface area contributed by atoms with E-state index in [1.807, 2.05) is 38.1 Å². The topological polar surface area (TPSA) is 26.3 Å². The normalized spacial score (nSPS) is 11.7. The number of hydrogen-bond acceptors (Lipinski definition) is 2. The number of carbonyl (C=O) groups is 1. The van der Waals surface area contributed by atoms with Crippen LogP contribution in [0.15, 0.2) is 54.3 Å². The summed E-state index contributed by atoms with van der Waals surface area (Å²) in [5, 5.41) is 0. The molecule has 2 nitrogen and oxygen atoms in total. The van der Waals surface area contributed by atoms with Crippen molar-refractivity contribution in [3.05, 3.63) is 59.9 Å². The first-order valence-electron chi connectivity index (χ1n) is 4.84. The molecular formula is C13H14O2. The Bertz CT molecular complexity index is 375. The first-order valence-corrected chi connectivity index (χ1v) is 4.84. The molecular weight excluding hydrogens is 188 g/mol. The average Bonchev–Trinajstić information content (AvgIpc) is 2.29. The van der Waals surface area contributed by atoms with Gasteiger partial charge < -0.3 is 4.74 Å². The minimum absolute atomic E-state index is 0.332. The van der Waals surface area contributed by atoms with E-state index in [4.69, 9.17) is 4.74 Å². The van der Waals surface area contributed by atoms with Crippen LogP contribution < -0.4 is 0 Å². The Morgan fingerprint density at radius 1 is 1.20 bits per heavy atom. The van der Waals surface area contributed by atoms with Gasteiger partial charge in [-0.3, -0.25) is 0 Å². The zero-order valence-corrected chi connectivity index (χ0v) is 8.94. The molecule has 0 aliphatic rings. The van der Waals surface area contributed by atoms with E-state index in [0.29, 0.717) is 11.3 Å². The van der Waals surface area contributed by atoms with Gasteiger partial charge >= 0.3 is 5.97 Å². The number of allylic oxidation sites excluding steroid dienone is 3. The smallest absolute Gasteiger partial charge is 0.343 e. The summed E-state index contributed by atoms with van der Waals surface area (Å²) in [5.41, 5.74) is 0.557. The van der Waals surface area contributed by atoms with Crippen molar-refractivity contribution < 1.29 is 9.53 Å². The predicted molar refractivity (Wildman–Crippen MR) is 60.4 cm³/mol. The molecule has 0 fully saturated rings. The molecule has 0 bridgehead atoms. The summed E-state index contributed by atoms with van der Waals surface area (Å²) in [6, 6.07) is 8.93. The maximum atomic E-state index is 11.6. The summed E-state index contributed by atoms with van der Waals surface area (Å²) in [6.45, 7) is 3.70. The van der Waals surface area contributed by atoms with Crippen molar-refractivity contribution in [2.24, 2.45) is 0 Å². The summed E-state index contributed by atoms with van der Waals surface area (Å²) < 4.78 is 5.16. The van der Waals surface area contributed by atoms with Crippen LogP contribution in [-0.2, 0) is 4.74 Å². The number of rotatable bonds is 3. The van der Waals surface area contributed by atoms with Gasteiger partial charge in [0.05, 0.1) is 5.56 Å². The Labute approximate surface area is 89.9 Å². The third-order valence-corrected chi connectivity index (χ3v) is 1.84. The van der Waals surface area contributed by atoms with Crippen LogP contribution in [0.1, 0.15) is 24.2 Å². The molecule has 0 saturated carbocycles. The SMILES string of the molecule is C/C=C\C(=C/C)OC(=O)c1ccccc1. The fraction of sp³-hybridized carbons (Fsp3) is 0.154. The molecule has 0 saturated heterocycles. The van der Waals surface area contributed by atoms with Crippen molar-refractivity contribution in [1.82, 2.24) is 0 Å². The Hall–Kier alpha value is -1.83. The molecule has 0 atom stereocenters. The molecule has 2 heteroatoms. The van der Waals surface area contributed by atoms with E-state index in [1.165, 1.54) is 0 Å². The Balaban J connectivity index is 2.72. The molecule has 0 spiro atoms. The third kappa shape index (κ3) is 3.43. The monoisotopic (exact) mass is 202 g/mol. The highest BCUT2D eigenvalue weighted by Crippen LogP contribution is 2.07. The van der Waals surface area contributed by atoms with E-state index >= 15 is 0 Å². The second kappa shape index (κ2) is 5.81. The molecule has 15 heavy (non-hydrogen) atoms. The van der Waals surface area contributed by atoms with Crippen LogP contribution in [0, 0.1) is 0 Å². The molecule has 0 aliphatic carbocycles. The second-order valence-electron chi connectivity index (χ2n) is 2.95. The molecule has 1 aromatic carbocycles. The van der Waals surface area contributed by atoms with Crippen LogP contribution in [0.3, 0.4) is 0 Å². The lowest BCUT2D eigenvalue weighted by Crippen LogP contribution is -2.03. The molecule has 0 N–H and O–H groups in total. The van der Waals surface area contributed by atoms with E-state index in [9.17, 15) is 4.79 Å².